The highest BCUT2D eigenvalue weighted by molar-refractivity contribution is 9.10. The molecule has 2 rings (SSSR count). The fourth-order valence-electron chi connectivity index (χ4n) is 1.43. The summed E-state index contributed by atoms with van der Waals surface area (Å²) >= 11 is 3.38. The molecule has 0 fully saturated rings. The molecule has 2 aromatic rings. The van der Waals surface area contributed by atoms with E-state index < -0.39 is 0 Å². The van der Waals surface area contributed by atoms with E-state index in [1.165, 1.54) is 0 Å². The van der Waals surface area contributed by atoms with Crippen LogP contribution in [0.5, 0.6) is 0 Å². The lowest BCUT2D eigenvalue weighted by Gasteiger charge is -2.05. The van der Waals surface area contributed by atoms with Crippen LogP contribution in [0.3, 0.4) is 0 Å². The normalized spacial score (nSPS) is 13.4. The molecule has 1 atom stereocenters. The molecule has 0 saturated carbocycles. The SMILES string of the molecule is Cc1cnc2nc(Br)c(C(C)N)n2c1. The van der Waals surface area contributed by atoms with Crippen LogP contribution in [0.4, 0.5) is 0 Å². The van der Waals surface area contributed by atoms with E-state index in [-0.39, 0.29) is 6.04 Å². The molecule has 0 amide bonds. The number of hydrogen-bond acceptors (Lipinski definition) is 3. The first-order chi connectivity index (χ1) is 6.59. The molecule has 0 saturated heterocycles. The molecule has 5 heteroatoms. The van der Waals surface area contributed by atoms with Crippen LogP contribution in [0.2, 0.25) is 0 Å². The van der Waals surface area contributed by atoms with Crippen molar-refractivity contribution in [3.8, 4) is 0 Å². The fourth-order valence-corrected chi connectivity index (χ4v) is 2.14. The molecule has 14 heavy (non-hydrogen) atoms. The van der Waals surface area contributed by atoms with E-state index in [2.05, 4.69) is 25.9 Å². The Morgan fingerprint density at radius 1 is 1.57 bits per heavy atom. The third-order valence-corrected chi connectivity index (χ3v) is 2.62. The third kappa shape index (κ3) is 1.42. The first kappa shape index (κ1) is 9.61. The second kappa shape index (κ2) is 3.33. The molecular weight excluding hydrogens is 244 g/mol. The smallest absolute Gasteiger partial charge is 0.235 e. The Bertz CT molecular complexity index is 475. The van der Waals surface area contributed by atoms with Crippen molar-refractivity contribution in [2.45, 2.75) is 19.9 Å². The van der Waals surface area contributed by atoms with E-state index in [9.17, 15) is 0 Å². The minimum Gasteiger partial charge on any atom is -0.323 e. The van der Waals surface area contributed by atoms with Gasteiger partial charge in [-0.1, -0.05) is 0 Å². The molecule has 2 heterocycles. The monoisotopic (exact) mass is 254 g/mol. The molecule has 0 aliphatic rings. The van der Waals surface area contributed by atoms with Crippen molar-refractivity contribution in [3.05, 3.63) is 28.3 Å². The first-order valence-electron chi connectivity index (χ1n) is 4.35. The van der Waals surface area contributed by atoms with Crippen LogP contribution in [-0.2, 0) is 0 Å². The van der Waals surface area contributed by atoms with Crippen LogP contribution >= 0.6 is 15.9 Å². The van der Waals surface area contributed by atoms with Crippen molar-refractivity contribution in [1.29, 1.82) is 0 Å². The standard InChI is InChI=1S/C9H11BrN4/c1-5-3-12-9-13-8(10)7(6(2)11)14(9)4-5/h3-4,6H,11H2,1-2H3. The van der Waals surface area contributed by atoms with Crippen molar-refractivity contribution < 1.29 is 0 Å². The Morgan fingerprint density at radius 3 is 2.93 bits per heavy atom. The van der Waals surface area contributed by atoms with Gasteiger partial charge in [0.25, 0.3) is 0 Å². The number of aromatic nitrogens is 3. The lowest BCUT2D eigenvalue weighted by Crippen LogP contribution is -2.09. The number of nitrogens with two attached hydrogens (primary N) is 1. The average molecular weight is 255 g/mol. The number of fused-ring (bicyclic) bond motifs is 1. The minimum absolute atomic E-state index is 0.0667. The largest absolute Gasteiger partial charge is 0.323 e. The molecule has 4 nitrogen and oxygen atoms in total. The van der Waals surface area contributed by atoms with Crippen LogP contribution in [0.25, 0.3) is 5.78 Å². The maximum atomic E-state index is 5.86. The number of aryl methyl sites for hydroxylation is 1. The van der Waals surface area contributed by atoms with Gasteiger partial charge in [-0.15, -0.1) is 0 Å². The fraction of sp³-hybridized carbons (Fsp3) is 0.333. The van der Waals surface area contributed by atoms with Crippen LogP contribution in [0.1, 0.15) is 24.2 Å². The number of nitrogens with zero attached hydrogens (tertiary/aromatic N) is 3. The number of halogens is 1. The molecule has 2 N–H and O–H groups in total. The lowest BCUT2D eigenvalue weighted by atomic mass is 10.3. The number of hydrogen-bond donors (Lipinski definition) is 1. The number of rotatable bonds is 1. The highest BCUT2D eigenvalue weighted by Gasteiger charge is 2.13. The van der Waals surface area contributed by atoms with Gasteiger partial charge in [-0.25, -0.2) is 9.97 Å². The van der Waals surface area contributed by atoms with Crippen LogP contribution in [0.15, 0.2) is 17.0 Å². The Labute approximate surface area is 90.3 Å². The second-order valence-corrected chi connectivity index (χ2v) is 4.13. The Morgan fingerprint density at radius 2 is 2.29 bits per heavy atom. The summed E-state index contributed by atoms with van der Waals surface area (Å²) < 4.78 is 2.69. The minimum atomic E-state index is -0.0667. The van der Waals surface area contributed by atoms with Crippen molar-refractivity contribution in [1.82, 2.24) is 14.4 Å². The van der Waals surface area contributed by atoms with Gasteiger partial charge in [0.15, 0.2) is 0 Å². The molecule has 0 spiro atoms. The predicted octanol–water partition coefficient (Wildman–Crippen LogP) is 1.82. The summed E-state index contributed by atoms with van der Waals surface area (Å²) in [5, 5.41) is 0. The van der Waals surface area contributed by atoms with Crippen molar-refractivity contribution in [2.24, 2.45) is 5.73 Å². The zero-order chi connectivity index (χ0) is 10.3. The van der Waals surface area contributed by atoms with E-state index >= 15 is 0 Å². The van der Waals surface area contributed by atoms with Crippen LogP contribution < -0.4 is 5.73 Å². The molecule has 2 aromatic heterocycles. The Kier molecular flexibility index (Phi) is 2.28. The molecular formula is C9H11BrN4. The predicted molar refractivity (Wildman–Crippen MR) is 58.0 cm³/mol. The van der Waals surface area contributed by atoms with E-state index in [0.29, 0.717) is 5.78 Å². The number of imidazole rings is 1. The van der Waals surface area contributed by atoms with Gasteiger partial charge in [0, 0.05) is 18.4 Å². The van der Waals surface area contributed by atoms with Gasteiger partial charge in [0.05, 0.1) is 5.69 Å². The summed E-state index contributed by atoms with van der Waals surface area (Å²) in [5.74, 6) is 0.676. The summed E-state index contributed by atoms with van der Waals surface area (Å²) in [6, 6.07) is -0.0667. The molecule has 0 aliphatic heterocycles. The van der Waals surface area contributed by atoms with Crippen LogP contribution in [-0.4, -0.2) is 14.4 Å². The van der Waals surface area contributed by atoms with E-state index in [1.54, 1.807) is 6.20 Å². The topological polar surface area (TPSA) is 56.2 Å². The Balaban J connectivity index is 2.79. The summed E-state index contributed by atoms with van der Waals surface area (Å²) in [6.07, 6.45) is 3.78. The van der Waals surface area contributed by atoms with Gasteiger partial charge < -0.3 is 5.73 Å². The van der Waals surface area contributed by atoms with Gasteiger partial charge in [0.1, 0.15) is 4.60 Å². The molecule has 0 aliphatic carbocycles. The molecule has 0 radical (unpaired) electrons. The first-order valence-corrected chi connectivity index (χ1v) is 5.14. The van der Waals surface area contributed by atoms with Gasteiger partial charge in [-0.05, 0) is 35.3 Å². The highest BCUT2D eigenvalue weighted by atomic mass is 79.9. The highest BCUT2D eigenvalue weighted by Crippen LogP contribution is 2.22. The zero-order valence-electron chi connectivity index (χ0n) is 8.03. The molecule has 74 valence electrons. The van der Waals surface area contributed by atoms with Gasteiger partial charge >= 0.3 is 0 Å². The van der Waals surface area contributed by atoms with Gasteiger partial charge in [-0.2, -0.15) is 0 Å². The van der Waals surface area contributed by atoms with Gasteiger partial charge in [-0.3, -0.25) is 4.40 Å². The van der Waals surface area contributed by atoms with E-state index in [1.807, 2.05) is 24.4 Å². The maximum absolute atomic E-state index is 5.86. The maximum Gasteiger partial charge on any atom is 0.235 e. The summed E-state index contributed by atoms with van der Waals surface area (Å²) in [7, 11) is 0. The third-order valence-electron chi connectivity index (χ3n) is 2.03. The molecule has 0 aromatic carbocycles. The van der Waals surface area contributed by atoms with Crippen molar-refractivity contribution >= 4 is 21.7 Å². The summed E-state index contributed by atoms with van der Waals surface area (Å²) in [5.41, 5.74) is 7.90. The lowest BCUT2D eigenvalue weighted by molar-refractivity contribution is 0.761. The Hall–Kier alpha value is -0.940. The second-order valence-electron chi connectivity index (χ2n) is 3.38. The zero-order valence-corrected chi connectivity index (χ0v) is 9.62. The van der Waals surface area contributed by atoms with Crippen molar-refractivity contribution in [2.75, 3.05) is 0 Å². The van der Waals surface area contributed by atoms with E-state index in [4.69, 9.17) is 5.73 Å². The molecule has 1 unspecified atom stereocenters. The van der Waals surface area contributed by atoms with Crippen LogP contribution in [0, 0.1) is 6.92 Å². The average Bonchev–Trinajstić information content (AvgIpc) is 2.40. The van der Waals surface area contributed by atoms with E-state index in [0.717, 1.165) is 15.9 Å². The quantitative estimate of drug-likeness (QED) is 0.845. The van der Waals surface area contributed by atoms with Gasteiger partial charge in [0.2, 0.25) is 5.78 Å². The summed E-state index contributed by atoms with van der Waals surface area (Å²) in [4.78, 5) is 8.47. The summed E-state index contributed by atoms with van der Waals surface area (Å²) in [6.45, 7) is 3.92. The molecule has 0 bridgehead atoms. The van der Waals surface area contributed by atoms with Crippen molar-refractivity contribution in [3.63, 3.8) is 0 Å².